The molecule has 0 saturated heterocycles. The number of hydrogen-bond acceptors (Lipinski definition) is 4. The Kier molecular flexibility index (Phi) is 6.03. The lowest BCUT2D eigenvalue weighted by Gasteiger charge is -2.14. The van der Waals surface area contributed by atoms with Crippen LogP contribution in [-0.4, -0.2) is 24.5 Å². The largest absolute Gasteiger partial charge is 0.452 e. The Morgan fingerprint density at radius 3 is 2.60 bits per heavy atom. The molecule has 1 amide bonds. The Hall–Kier alpha value is -2.04. The average molecular weight is 278 g/mol. The van der Waals surface area contributed by atoms with Crippen molar-refractivity contribution in [3.8, 4) is 0 Å². The summed E-state index contributed by atoms with van der Waals surface area (Å²) < 4.78 is 5.10. The van der Waals surface area contributed by atoms with Crippen molar-refractivity contribution in [3.63, 3.8) is 0 Å². The zero-order valence-corrected chi connectivity index (χ0v) is 12.2. The molecule has 5 heteroatoms. The molecule has 20 heavy (non-hydrogen) atoms. The van der Waals surface area contributed by atoms with Crippen LogP contribution in [-0.2, 0) is 20.7 Å². The van der Waals surface area contributed by atoms with Gasteiger partial charge in [-0.3, -0.25) is 9.59 Å². The standard InChI is InChI=1S/C15H22N2O3/c1-10(2)9-17-15(19)11(3)20-14(18)8-12-5-4-6-13(16)7-12/h4-7,10-11H,8-9,16H2,1-3H3,(H,17,19). The molecule has 0 radical (unpaired) electrons. The van der Waals surface area contributed by atoms with Gasteiger partial charge < -0.3 is 15.8 Å². The SMILES string of the molecule is CC(C)CNC(=O)C(C)OC(=O)Cc1cccc(N)c1. The molecule has 1 atom stereocenters. The molecule has 0 heterocycles. The van der Waals surface area contributed by atoms with Crippen molar-refractivity contribution in [1.29, 1.82) is 0 Å². The van der Waals surface area contributed by atoms with Crippen LogP contribution in [0, 0.1) is 5.92 Å². The van der Waals surface area contributed by atoms with Gasteiger partial charge in [0.2, 0.25) is 0 Å². The molecule has 5 nitrogen and oxygen atoms in total. The van der Waals surface area contributed by atoms with Gasteiger partial charge in [-0.15, -0.1) is 0 Å². The van der Waals surface area contributed by atoms with Crippen LogP contribution < -0.4 is 11.1 Å². The van der Waals surface area contributed by atoms with E-state index in [1.165, 1.54) is 0 Å². The van der Waals surface area contributed by atoms with Gasteiger partial charge in [0.15, 0.2) is 6.10 Å². The van der Waals surface area contributed by atoms with E-state index >= 15 is 0 Å². The lowest BCUT2D eigenvalue weighted by molar-refractivity contribution is -0.154. The Morgan fingerprint density at radius 2 is 2.00 bits per heavy atom. The van der Waals surface area contributed by atoms with E-state index in [1.54, 1.807) is 31.2 Å². The number of hydrogen-bond donors (Lipinski definition) is 2. The van der Waals surface area contributed by atoms with Crippen LogP contribution in [0.15, 0.2) is 24.3 Å². The molecule has 3 N–H and O–H groups in total. The van der Waals surface area contributed by atoms with Gasteiger partial charge in [-0.05, 0) is 30.5 Å². The molecular weight excluding hydrogens is 256 g/mol. The summed E-state index contributed by atoms with van der Waals surface area (Å²) in [6.45, 7) is 6.12. The highest BCUT2D eigenvalue weighted by Gasteiger charge is 2.17. The number of nitrogen functional groups attached to an aromatic ring is 1. The Labute approximate surface area is 119 Å². The molecule has 0 spiro atoms. The molecule has 1 unspecified atom stereocenters. The van der Waals surface area contributed by atoms with Crippen LogP contribution in [0.5, 0.6) is 0 Å². The van der Waals surface area contributed by atoms with E-state index in [0.717, 1.165) is 5.56 Å². The zero-order chi connectivity index (χ0) is 15.1. The van der Waals surface area contributed by atoms with Gasteiger partial charge in [0.1, 0.15) is 0 Å². The highest BCUT2D eigenvalue weighted by molar-refractivity contribution is 5.83. The molecule has 0 saturated carbocycles. The van der Waals surface area contributed by atoms with Crippen molar-refractivity contribution in [3.05, 3.63) is 29.8 Å². The monoisotopic (exact) mass is 278 g/mol. The number of ether oxygens (including phenoxy) is 1. The number of nitrogens with one attached hydrogen (secondary N) is 1. The van der Waals surface area contributed by atoms with Crippen LogP contribution in [0.2, 0.25) is 0 Å². The molecule has 0 aliphatic carbocycles. The van der Waals surface area contributed by atoms with Gasteiger partial charge in [-0.25, -0.2) is 0 Å². The van der Waals surface area contributed by atoms with Gasteiger partial charge >= 0.3 is 5.97 Å². The van der Waals surface area contributed by atoms with E-state index in [2.05, 4.69) is 5.32 Å². The second kappa shape index (κ2) is 7.53. The molecule has 110 valence electrons. The maximum atomic E-state index is 11.7. The van der Waals surface area contributed by atoms with Crippen molar-refractivity contribution in [1.82, 2.24) is 5.32 Å². The molecule has 1 aromatic carbocycles. The number of carbonyl (C=O) groups excluding carboxylic acids is 2. The number of amides is 1. The second-order valence-electron chi connectivity index (χ2n) is 5.19. The summed E-state index contributed by atoms with van der Waals surface area (Å²) in [6, 6.07) is 7.03. The fraction of sp³-hybridized carbons (Fsp3) is 0.467. The fourth-order valence-corrected chi connectivity index (χ4v) is 1.61. The number of nitrogens with two attached hydrogens (primary N) is 1. The summed E-state index contributed by atoms with van der Waals surface area (Å²) in [4.78, 5) is 23.4. The first-order valence-electron chi connectivity index (χ1n) is 6.70. The van der Waals surface area contributed by atoms with E-state index in [0.29, 0.717) is 18.2 Å². The van der Waals surface area contributed by atoms with Crippen LogP contribution in [0.1, 0.15) is 26.3 Å². The molecule has 0 aliphatic heterocycles. The normalized spacial score (nSPS) is 12.0. The number of benzene rings is 1. The topological polar surface area (TPSA) is 81.4 Å². The van der Waals surface area contributed by atoms with Crippen LogP contribution >= 0.6 is 0 Å². The van der Waals surface area contributed by atoms with Crippen molar-refractivity contribution in [2.24, 2.45) is 5.92 Å². The van der Waals surface area contributed by atoms with Crippen molar-refractivity contribution in [2.75, 3.05) is 12.3 Å². The molecule has 0 aliphatic rings. The number of esters is 1. The summed E-state index contributed by atoms with van der Waals surface area (Å²) in [5, 5.41) is 2.72. The zero-order valence-electron chi connectivity index (χ0n) is 12.2. The molecule has 0 bridgehead atoms. The summed E-state index contributed by atoms with van der Waals surface area (Å²) >= 11 is 0. The molecule has 1 aromatic rings. The first kappa shape index (κ1) is 16.0. The Bertz CT molecular complexity index is 472. The van der Waals surface area contributed by atoms with Crippen LogP contribution in [0.25, 0.3) is 0 Å². The summed E-state index contributed by atoms with van der Waals surface area (Å²) in [7, 11) is 0. The smallest absolute Gasteiger partial charge is 0.311 e. The minimum atomic E-state index is -0.790. The summed E-state index contributed by atoms with van der Waals surface area (Å²) in [6.07, 6.45) is -0.686. The van der Waals surface area contributed by atoms with E-state index in [4.69, 9.17) is 10.5 Å². The number of anilines is 1. The van der Waals surface area contributed by atoms with Gasteiger partial charge in [0.05, 0.1) is 6.42 Å². The van der Waals surface area contributed by atoms with Crippen molar-refractivity contribution < 1.29 is 14.3 Å². The first-order chi connectivity index (χ1) is 9.38. The predicted molar refractivity (Wildman–Crippen MR) is 78.0 cm³/mol. The van der Waals surface area contributed by atoms with E-state index in [9.17, 15) is 9.59 Å². The number of rotatable bonds is 6. The second-order valence-corrected chi connectivity index (χ2v) is 5.19. The minimum Gasteiger partial charge on any atom is -0.452 e. The van der Waals surface area contributed by atoms with Gasteiger partial charge in [-0.2, -0.15) is 0 Å². The quantitative estimate of drug-likeness (QED) is 0.610. The van der Waals surface area contributed by atoms with Crippen molar-refractivity contribution in [2.45, 2.75) is 33.3 Å². The molecular formula is C15H22N2O3. The van der Waals surface area contributed by atoms with E-state index in [1.807, 2.05) is 13.8 Å². The van der Waals surface area contributed by atoms with Crippen LogP contribution in [0.3, 0.4) is 0 Å². The van der Waals surface area contributed by atoms with Crippen molar-refractivity contribution >= 4 is 17.6 Å². The third-order valence-electron chi connectivity index (χ3n) is 2.66. The first-order valence-corrected chi connectivity index (χ1v) is 6.70. The Balaban J connectivity index is 2.43. The Morgan fingerprint density at radius 1 is 1.30 bits per heavy atom. The third kappa shape index (κ3) is 5.73. The predicted octanol–water partition coefficient (Wildman–Crippen LogP) is 1.52. The summed E-state index contributed by atoms with van der Waals surface area (Å²) in [5.41, 5.74) is 7.00. The maximum Gasteiger partial charge on any atom is 0.311 e. The lowest BCUT2D eigenvalue weighted by atomic mass is 10.1. The van der Waals surface area contributed by atoms with Gasteiger partial charge in [0.25, 0.3) is 5.91 Å². The summed E-state index contributed by atoms with van der Waals surface area (Å²) in [5.74, 6) is -0.364. The van der Waals surface area contributed by atoms with Gasteiger partial charge in [0, 0.05) is 12.2 Å². The average Bonchev–Trinajstić information content (AvgIpc) is 2.35. The third-order valence-corrected chi connectivity index (χ3v) is 2.66. The lowest BCUT2D eigenvalue weighted by Crippen LogP contribution is -2.37. The highest BCUT2D eigenvalue weighted by Crippen LogP contribution is 2.08. The van der Waals surface area contributed by atoms with E-state index in [-0.39, 0.29) is 12.3 Å². The molecule has 0 fully saturated rings. The molecule has 1 rings (SSSR count). The highest BCUT2D eigenvalue weighted by atomic mass is 16.5. The van der Waals surface area contributed by atoms with Crippen LogP contribution in [0.4, 0.5) is 5.69 Å². The maximum absolute atomic E-state index is 11.7. The minimum absolute atomic E-state index is 0.104. The molecule has 0 aromatic heterocycles. The fourth-order valence-electron chi connectivity index (χ4n) is 1.61. The van der Waals surface area contributed by atoms with Gasteiger partial charge in [-0.1, -0.05) is 26.0 Å². The van der Waals surface area contributed by atoms with E-state index < -0.39 is 12.1 Å². The number of carbonyl (C=O) groups is 2.